The fourth-order valence-electron chi connectivity index (χ4n) is 6.26. The first-order chi connectivity index (χ1) is 23.3. The van der Waals surface area contributed by atoms with Crippen LogP contribution in [0.15, 0.2) is 110 Å². The Morgan fingerprint density at radius 2 is 1.77 bits per heavy atom. The van der Waals surface area contributed by atoms with Crippen LogP contribution in [-0.2, 0) is 29.1 Å². The molecule has 2 unspecified atom stereocenters. The first kappa shape index (κ1) is 32.3. The summed E-state index contributed by atoms with van der Waals surface area (Å²) in [5, 5.41) is 16.1. The number of rotatable bonds is 10. The summed E-state index contributed by atoms with van der Waals surface area (Å²) in [6.07, 6.45) is 1.06. The molecule has 0 bridgehead atoms. The SMILES string of the molecule is C=CCN1CC(=O)N2C(Cc3ccc(O)cc3)C(=O)N(Cc3cccc(-c4cccc(OC)c4)n3)CC2N1C(=O)NCc1ccccc1. The molecule has 3 aromatic carbocycles. The number of amides is 4. The van der Waals surface area contributed by atoms with E-state index in [1.165, 1.54) is 0 Å². The van der Waals surface area contributed by atoms with Crippen molar-refractivity contribution in [3.05, 3.63) is 127 Å². The Kier molecular flexibility index (Phi) is 9.67. The largest absolute Gasteiger partial charge is 0.508 e. The molecule has 48 heavy (non-hydrogen) atoms. The molecule has 3 heterocycles. The minimum absolute atomic E-state index is 0.0775. The maximum Gasteiger partial charge on any atom is 0.334 e. The monoisotopic (exact) mass is 646 g/mol. The Morgan fingerprint density at radius 3 is 2.52 bits per heavy atom. The minimum Gasteiger partial charge on any atom is -0.508 e. The van der Waals surface area contributed by atoms with E-state index in [1.807, 2.05) is 72.8 Å². The van der Waals surface area contributed by atoms with Crippen molar-refractivity contribution in [1.29, 1.82) is 0 Å². The topological polar surface area (TPSA) is 119 Å². The zero-order valence-electron chi connectivity index (χ0n) is 26.7. The van der Waals surface area contributed by atoms with Gasteiger partial charge in [-0.1, -0.05) is 66.7 Å². The maximum absolute atomic E-state index is 14.3. The second-order valence-electron chi connectivity index (χ2n) is 11.8. The number of carbonyl (C=O) groups is 3. The van der Waals surface area contributed by atoms with Gasteiger partial charge in [0.2, 0.25) is 11.8 Å². The van der Waals surface area contributed by atoms with E-state index in [4.69, 9.17) is 9.72 Å². The van der Waals surface area contributed by atoms with E-state index in [0.717, 1.165) is 22.4 Å². The summed E-state index contributed by atoms with van der Waals surface area (Å²) < 4.78 is 5.39. The number of phenols is 1. The Morgan fingerprint density at radius 1 is 1.00 bits per heavy atom. The van der Waals surface area contributed by atoms with Crippen LogP contribution in [0.2, 0.25) is 0 Å². The van der Waals surface area contributed by atoms with Crippen LogP contribution >= 0.6 is 0 Å². The molecule has 0 aliphatic carbocycles. The molecule has 2 N–H and O–H groups in total. The van der Waals surface area contributed by atoms with Gasteiger partial charge < -0.3 is 25.0 Å². The molecule has 2 aliphatic heterocycles. The summed E-state index contributed by atoms with van der Waals surface area (Å²) in [4.78, 5) is 50.2. The number of aromatic hydroxyl groups is 1. The molecule has 0 saturated carbocycles. The standard InChI is InChI=1S/C37H38N6O5/c1-3-19-41-25-35(45)42-33(20-26-15-17-30(44)18-16-26)36(46)40(24-34(42)43(41)37(47)38-22-27-9-5-4-6-10-27)23-29-12-8-14-32(39-29)28-11-7-13-31(21-28)48-2/h3-18,21,33-34,44H,1,19-20,22-25H2,2H3,(H,38,47). The summed E-state index contributed by atoms with van der Waals surface area (Å²) >= 11 is 0. The zero-order valence-corrected chi connectivity index (χ0v) is 26.7. The highest BCUT2D eigenvalue weighted by molar-refractivity contribution is 5.91. The van der Waals surface area contributed by atoms with Gasteiger partial charge in [-0.05, 0) is 47.5 Å². The van der Waals surface area contributed by atoms with Gasteiger partial charge in [0.05, 0.1) is 38.1 Å². The minimum atomic E-state index is -0.891. The predicted molar refractivity (Wildman–Crippen MR) is 180 cm³/mol. The number of ether oxygens (including phenoxy) is 1. The van der Waals surface area contributed by atoms with Crippen molar-refractivity contribution in [3.8, 4) is 22.8 Å². The summed E-state index contributed by atoms with van der Waals surface area (Å²) in [7, 11) is 1.61. The summed E-state index contributed by atoms with van der Waals surface area (Å²) in [6.45, 7) is 4.55. The second-order valence-corrected chi connectivity index (χ2v) is 11.8. The average Bonchev–Trinajstić information content (AvgIpc) is 3.10. The molecular weight excluding hydrogens is 608 g/mol. The number of urea groups is 1. The van der Waals surface area contributed by atoms with Crippen LogP contribution in [0.3, 0.4) is 0 Å². The normalized spacial score (nSPS) is 18.0. The molecule has 0 spiro atoms. The lowest BCUT2D eigenvalue weighted by Gasteiger charge is -2.55. The number of carbonyl (C=O) groups excluding carboxylic acids is 3. The van der Waals surface area contributed by atoms with Crippen LogP contribution in [0.4, 0.5) is 4.79 Å². The van der Waals surface area contributed by atoms with Gasteiger partial charge in [0.1, 0.15) is 23.7 Å². The maximum atomic E-state index is 14.3. The van der Waals surface area contributed by atoms with Gasteiger partial charge in [-0.2, -0.15) is 0 Å². The van der Waals surface area contributed by atoms with Gasteiger partial charge in [-0.15, -0.1) is 6.58 Å². The van der Waals surface area contributed by atoms with Crippen molar-refractivity contribution in [2.75, 3.05) is 26.7 Å². The van der Waals surface area contributed by atoms with Crippen molar-refractivity contribution < 1.29 is 24.2 Å². The summed E-state index contributed by atoms with van der Waals surface area (Å²) in [5.74, 6) is 0.303. The number of fused-ring (bicyclic) bond motifs is 1. The first-order valence-corrected chi connectivity index (χ1v) is 15.8. The van der Waals surface area contributed by atoms with Gasteiger partial charge in [0.15, 0.2) is 0 Å². The summed E-state index contributed by atoms with van der Waals surface area (Å²) in [6, 6.07) is 28.1. The van der Waals surface area contributed by atoms with Crippen molar-refractivity contribution in [2.24, 2.45) is 0 Å². The Bertz CT molecular complexity index is 1780. The molecule has 2 saturated heterocycles. The van der Waals surface area contributed by atoms with Crippen LogP contribution < -0.4 is 10.1 Å². The van der Waals surface area contributed by atoms with Gasteiger partial charge in [-0.25, -0.2) is 14.8 Å². The van der Waals surface area contributed by atoms with E-state index in [1.54, 1.807) is 57.3 Å². The summed E-state index contributed by atoms with van der Waals surface area (Å²) in [5.41, 5.74) is 3.96. The van der Waals surface area contributed by atoms with E-state index >= 15 is 0 Å². The number of phenolic OH excluding ortho intramolecular Hbond substituents is 1. The molecule has 2 aliphatic rings. The van der Waals surface area contributed by atoms with Crippen molar-refractivity contribution in [1.82, 2.24) is 30.1 Å². The fraction of sp³-hybridized carbons (Fsp3) is 0.243. The smallest absolute Gasteiger partial charge is 0.334 e. The first-order valence-electron chi connectivity index (χ1n) is 15.8. The number of hydrazine groups is 1. The molecule has 4 aromatic rings. The molecule has 11 heteroatoms. The second kappa shape index (κ2) is 14.4. The Hall–Kier alpha value is -5.68. The predicted octanol–water partition coefficient (Wildman–Crippen LogP) is 4.20. The van der Waals surface area contributed by atoms with Crippen LogP contribution in [-0.4, -0.2) is 86.7 Å². The highest BCUT2D eigenvalue weighted by Crippen LogP contribution is 2.30. The number of nitrogens with one attached hydrogen (secondary N) is 1. The van der Waals surface area contributed by atoms with E-state index in [-0.39, 0.29) is 56.2 Å². The van der Waals surface area contributed by atoms with Crippen molar-refractivity contribution >= 4 is 17.8 Å². The number of piperazine rings is 1. The molecular formula is C37H38N6O5. The highest BCUT2D eigenvalue weighted by Gasteiger charge is 2.51. The Balaban J connectivity index is 1.34. The van der Waals surface area contributed by atoms with Crippen LogP contribution in [0, 0.1) is 0 Å². The molecule has 11 nitrogen and oxygen atoms in total. The van der Waals surface area contributed by atoms with Gasteiger partial charge in [0, 0.05) is 25.1 Å². The van der Waals surface area contributed by atoms with E-state index < -0.39 is 12.2 Å². The fourth-order valence-corrected chi connectivity index (χ4v) is 6.26. The number of methoxy groups -OCH3 is 1. The lowest BCUT2D eigenvalue weighted by Crippen LogP contribution is -2.76. The number of aromatic nitrogens is 1. The molecule has 2 fully saturated rings. The number of nitrogens with zero attached hydrogens (tertiary/aromatic N) is 5. The molecule has 6 rings (SSSR count). The quantitative estimate of drug-likeness (QED) is 0.248. The molecule has 246 valence electrons. The van der Waals surface area contributed by atoms with Crippen LogP contribution in [0.5, 0.6) is 11.5 Å². The third kappa shape index (κ3) is 7.01. The van der Waals surface area contributed by atoms with Crippen LogP contribution in [0.1, 0.15) is 16.8 Å². The van der Waals surface area contributed by atoms with Crippen molar-refractivity contribution in [2.45, 2.75) is 31.7 Å². The average molecular weight is 647 g/mol. The highest BCUT2D eigenvalue weighted by atomic mass is 16.5. The number of hydrogen-bond donors (Lipinski definition) is 2. The van der Waals surface area contributed by atoms with Gasteiger partial charge >= 0.3 is 6.03 Å². The third-order valence-electron chi connectivity index (χ3n) is 8.56. The lowest BCUT2D eigenvalue weighted by molar-refractivity contribution is -0.189. The van der Waals surface area contributed by atoms with Crippen LogP contribution in [0.25, 0.3) is 11.3 Å². The third-order valence-corrected chi connectivity index (χ3v) is 8.56. The zero-order chi connectivity index (χ0) is 33.6. The van der Waals surface area contributed by atoms with E-state index in [2.05, 4.69) is 11.9 Å². The van der Waals surface area contributed by atoms with Crippen molar-refractivity contribution in [3.63, 3.8) is 0 Å². The Labute approximate surface area is 279 Å². The van der Waals surface area contributed by atoms with Gasteiger partial charge in [-0.3, -0.25) is 14.6 Å². The van der Waals surface area contributed by atoms with Gasteiger partial charge in [0.25, 0.3) is 0 Å². The number of pyridine rings is 1. The molecule has 2 atom stereocenters. The molecule has 4 amide bonds. The lowest BCUT2D eigenvalue weighted by atomic mass is 9.98. The molecule has 1 aromatic heterocycles. The van der Waals surface area contributed by atoms with E-state index in [0.29, 0.717) is 18.0 Å². The number of benzene rings is 3. The van der Waals surface area contributed by atoms with E-state index in [9.17, 15) is 19.5 Å². The number of hydrogen-bond acceptors (Lipinski definition) is 7. The molecule has 0 radical (unpaired) electrons.